The topological polar surface area (TPSA) is 38.0 Å². The van der Waals surface area contributed by atoms with Gasteiger partial charge in [0.05, 0.1) is 11.0 Å². The fourth-order valence-electron chi connectivity index (χ4n) is 2.46. The molecule has 0 fully saturated rings. The number of aliphatic hydroxyl groups excluding tert-OH is 1. The molecular formula is C16H24N2O. The fourth-order valence-corrected chi connectivity index (χ4v) is 2.46. The zero-order chi connectivity index (χ0) is 13.8. The highest BCUT2D eigenvalue weighted by molar-refractivity contribution is 5.77. The van der Waals surface area contributed by atoms with Gasteiger partial charge in [0.15, 0.2) is 0 Å². The van der Waals surface area contributed by atoms with Gasteiger partial charge in [0.25, 0.3) is 0 Å². The number of hydrogen-bond acceptors (Lipinski definition) is 2. The molecule has 0 unspecified atom stereocenters. The molecule has 3 heteroatoms. The molecule has 0 radical (unpaired) electrons. The molecule has 2 aromatic rings. The van der Waals surface area contributed by atoms with E-state index in [0.29, 0.717) is 5.92 Å². The first-order valence-electron chi connectivity index (χ1n) is 7.27. The Morgan fingerprint density at radius 3 is 2.74 bits per heavy atom. The normalized spacial score (nSPS) is 11.6. The fraction of sp³-hybridized carbons (Fsp3) is 0.562. The zero-order valence-electron chi connectivity index (χ0n) is 12.2. The third kappa shape index (κ3) is 2.98. The predicted molar refractivity (Wildman–Crippen MR) is 79.5 cm³/mol. The third-order valence-electron chi connectivity index (χ3n) is 3.52. The first-order chi connectivity index (χ1) is 9.17. The molecule has 0 aliphatic carbocycles. The van der Waals surface area contributed by atoms with Gasteiger partial charge in [0, 0.05) is 19.6 Å². The second-order valence-electron chi connectivity index (χ2n) is 5.41. The molecule has 1 aromatic carbocycles. The van der Waals surface area contributed by atoms with Crippen LogP contribution >= 0.6 is 0 Å². The molecule has 0 spiro atoms. The van der Waals surface area contributed by atoms with Crippen molar-refractivity contribution in [2.75, 3.05) is 6.61 Å². The molecule has 0 aliphatic rings. The highest BCUT2D eigenvalue weighted by atomic mass is 16.2. The minimum absolute atomic E-state index is 0.229. The van der Waals surface area contributed by atoms with E-state index in [4.69, 9.17) is 10.1 Å². The SMILES string of the molecule is CCCn1c(CCCO)nc2cc(C(C)C)ccc21. The Morgan fingerprint density at radius 2 is 2.11 bits per heavy atom. The summed E-state index contributed by atoms with van der Waals surface area (Å²) in [7, 11) is 0. The van der Waals surface area contributed by atoms with Crippen molar-refractivity contribution in [1.29, 1.82) is 0 Å². The van der Waals surface area contributed by atoms with Crippen molar-refractivity contribution >= 4 is 11.0 Å². The van der Waals surface area contributed by atoms with Crippen LogP contribution in [0.2, 0.25) is 0 Å². The van der Waals surface area contributed by atoms with Crippen LogP contribution in [0.5, 0.6) is 0 Å². The molecule has 3 nitrogen and oxygen atoms in total. The standard InChI is InChI=1S/C16H24N2O/c1-4-9-18-15-8-7-13(12(2)3)11-14(15)17-16(18)6-5-10-19/h7-8,11-12,19H,4-6,9-10H2,1-3H3. The number of nitrogens with zero attached hydrogens (tertiary/aromatic N) is 2. The summed E-state index contributed by atoms with van der Waals surface area (Å²) in [6.45, 7) is 7.82. The van der Waals surface area contributed by atoms with Crippen LogP contribution in [-0.4, -0.2) is 21.3 Å². The summed E-state index contributed by atoms with van der Waals surface area (Å²) >= 11 is 0. The Bertz CT molecular complexity index is 543. The van der Waals surface area contributed by atoms with Crippen molar-refractivity contribution in [1.82, 2.24) is 9.55 Å². The second kappa shape index (κ2) is 6.20. The first kappa shape index (κ1) is 14.1. The molecule has 0 saturated carbocycles. The summed E-state index contributed by atoms with van der Waals surface area (Å²) in [4.78, 5) is 4.76. The minimum Gasteiger partial charge on any atom is -0.396 e. The van der Waals surface area contributed by atoms with Gasteiger partial charge in [-0.2, -0.15) is 0 Å². The van der Waals surface area contributed by atoms with Gasteiger partial charge < -0.3 is 9.67 Å². The lowest BCUT2D eigenvalue weighted by Crippen LogP contribution is -2.04. The highest BCUT2D eigenvalue weighted by Crippen LogP contribution is 2.23. The van der Waals surface area contributed by atoms with Gasteiger partial charge in [-0.3, -0.25) is 0 Å². The number of aromatic nitrogens is 2. The minimum atomic E-state index is 0.229. The Kier molecular flexibility index (Phi) is 4.59. The maximum Gasteiger partial charge on any atom is 0.109 e. The summed E-state index contributed by atoms with van der Waals surface area (Å²) in [5.41, 5.74) is 3.65. The largest absolute Gasteiger partial charge is 0.396 e. The molecule has 1 aromatic heterocycles. The Balaban J connectivity index is 2.45. The van der Waals surface area contributed by atoms with Gasteiger partial charge in [-0.1, -0.05) is 26.8 Å². The van der Waals surface area contributed by atoms with Crippen molar-refractivity contribution < 1.29 is 5.11 Å². The van der Waals surface area contributed by atoms with Gasteiger partial charge >= 0.3 is 0 Å². The quantitative estimate of drug-likeness (QED) is 0.863. The number of fused-ring (bicyclic) bond motifs is 1. The lowest BCUT2D eigenvalue weighted by molar-refractivity contribution is 0.287. The van der Waals surface area contributed by atoms with Gasteiger partial charge in [0.1, 0.15) is 5.82 Å². The molecule has 104 valence electrons. The van der Waals surface area contributed by atoms with E-state index in [1.165, 1.54) is 11.1 Å². The van der Waals surface area contributed by atoms with Gasteiger partial charge in [0.2, 0.25) is 0 Å². The van der Waals surface area contributed by atoms with Crippen molar-refractivity contribution in [3.8, 4) is 0 Å². The van der Waals surface area contributed by atoms with Crippen molar-refractivity contribution in [3.63, 3.8) is 0 Å². The van der Waals surface area contributed by atoms with Crippen molar-refractivity contribution in [2.45, 2.75) is 52.5 Å². The number of aryl methyl sites for hydroxylation is 2. The van der Waals surface area contributed by atoms with E-state index < -0.39 is 0 Å². The molecule has 2 rings (SSSR count). The summed E-state index contributed by atoms with van der Waals surface area (Å²) in [5, 5.41) is 9.00. The Labute approximate surface area is 115 Å². The molecule has 1 N–H and O–H groups in total. The van der Waals surface area contributed by atoms with E-state index in [9.17, 15) is 0 Å². The predicted octanol–water partition coefficient (Wildman–Crippen LogP) is 3.49. The molecular weight excluding hydrogens is 236 g/mol. The lowest BCUT2D eigenvalue weighted by Gasteiger charge is -2.08. The van der Waals surface area contributed by atoms with Crippen LogP contribution < -0.4 is 0 Å². The van der Waals surface area contributed by atoms with Crippen molar-refractivity contribution in [2.24, 2.45) is 0 Å². The molecule has 0 aliphatic heterocycles. The summed E-state index contributed by atoms with van der Waals surface area (Å²) < 4.78 is 2.30. The molecule has 0 atom stereocenters. The molecule has 1 heterocycles. The van der Waals surface area contributed by atoms with Crippen LogP contribution in [0.3, 0.4) is 0 Å². The number of rotatable bonds is 6. The lowest BCUT2D eigenvalue weighted by atomic mass is 10.0. The van der Waals surface area contributed by atoms with Crippen LogP contribution in [0, 0.1) is 0 Å². The van der Waals surface area contributed by atoms with E-state index in [1.54, 1.807) is 0 Å². The van der Waals surface area contributed by atoms with Crippen molar-refractivity contribution in [3.05, 3.63) is 29.6 Å². The maximum atomic E-state index is 9.00. The van der Waals surface area contributed by atoms with Crippen LogP contribution in [0.15, 0.2) is 18.2 Å². The van der Waals surface area contributed by atoms with Crippen LogP contribution in [0.25, 0.3) is 11.0 Å². The molecule has 0 saturated heterocycles. The van der Waals surface area contributed by atoms with E-state index in [-0.39, 0.29) is 6.61 Å². The van der Waals surface area contributed by atoms with E-state index in [0.717, 1.165) is 37.1 Å². The van der Waals surface area contributed by atoms with Crippen LogP contribution in [-0.2, 0) is 13.0 Å². The Morgan fingerprint density at radius 1 is 1.32 bits per heavy atom. The number of benzene rings is 1. The van der Waals surface area contributed by atoms with Gasteiger partial charge in [-0.15, -0.1) is 0 Å². The summed E-state index contributed by atoms with van der Waals surface area (Å²) in [6.07, 6.45) is 2.73. The average Bonchev–Trinajstić information content (AvgIpc) is 2.74. The maximum absolute atomic E-state index is 9.00. The monoisotopic (exact) mass is 260 g/mol. The van der Waals surface area contributed by atoms with Gasteiger partial charge in [-0.25, -0.2) is 4.98 Å². The molecule has 0 bridgehead atoms. The highest BCUT2D eigenvalue weighted by Gasteiger charge is 2.11. The summed E-state index contributed by atoms with van der Waals surface area (Å²) in [6, 6.07) is 6.60. The summed E-state index contributed by atoms with van der Waals surface area (Å²) in [5.74, 6) is 1.63. The van der Waals surface area contributed by atoms with E-state index in [2.05, 4.69) is 43.5 Å². The van der Waals surface area contributed by atoms with E-state index >= 15 is 0 Å². The first-order valence-corrected chi connectivity index (χ1v) is 7.27. The van der Waals surface area contributed by atoms with Crippen LogP contribution in [0.4, 0.5) is 0 Å². The number of imidazole rings is 1. The smallest absolute Gasteiger partial charge is 0.109 e. The van der Waals surface area contributed by atoms with E-state index in [1.807, 2.05) is 0 Å². The number of aliphatic hydroxyl groups is 1. The average molecular weight is 260 g/mol. The Hall–Kier alpha value is -1.35. The number of hydrogen-bond donors (Lipinski definition) is 1. The molecule has 0 amide bonds. The van der Waals surface area contributed by atoms with Crippen LogP contribution in [0.1, 0.15) is 50.9 Å². The zero-order valence-corrected chi connectivity index (χ0v) is 12.2. The molecule has 19 heavy (non-hydrogen) atoms. The second-order valence-corrected chi connectivity index (χ2v) is 5.41. The van der Waals surface area contributed by atoms with Gasteiger partial charge in [-0.05, 0) is 36.5 Å². The third-order valence-corrected chi connectivity index (χ3v) is 3.52.